The van der Waals surface area contributed by atoms with Gasteiger partial charge in [-0.2, -0.15) is 5.10 Å². The number of ether oxygens (including phenoxy) is 2. The topological polar surface area (TPSA) is 62.3 Å². The molecular weight excluding hydrogens is 242 g/mol. The molecule has 6 heteroatoms. The zero-order valence-electron chi connectivity index (χ0n) is 9.93. The summed E-state index contributed by atoms with van der Waals surface area (Å²) < 4.78 is 12.4. The maximum absolute atomic E-state index is 6.21. The van der Waals surface area contributed by atoms with Gasteiger partial charge < -0.3 is 15.2 Å². The van der Waals surface area contributed by atoms with Crippen molar-refractivity contribution in [3.8, 4) is 0 Å². The van der Waals surface area contributed by atoms with Crippen molar-refractivity contribution in [2.45, 2.75) is 31.5 Å². The van der Waals surface area contributed by atoms with Crippen LogP contribution in [0.15, 0.2) is 6.20 Å². The Hall–Kier alpha value is -0.620. The van der Waals surface area contributed by atoms with Crippen LogP contribution in [-0.2, 0) is 16.0 Å². The minimum absolute atomic E-state index is 0.0468. The van der Waals surface area contributed by atoms with E-state index in [0.29, 0.717) is 18.2 Å². The van der Waals surface area contributed by atoms with Gasteiger partial charge in [0.1, 0.15) is 0 Å². The molecule has 0 spiro atoms. The molecule has 0 aliphatic carbocycles. The number of nitrogens with two attached hydrogens (primary N) is 1. The first-order valence-electron chi connectivity index (χ1n) is 5.81. The zero-order chi connectivity index (χ0) is 12.3. The summed E-state index contributed by atoms with van der Waals surface area (Å²) >= 11 is 6.14. The molecule has 1 fully saturated rings. The minimum atomic E-state index is -0.218. The van der Waals surface area contributed by atoms with Gasteiger partial charge in [-0.15, -0.1) is 0 Å². The maximum atomic E-state index is 6.21. The van der Waals surface area contributed by atoms with E-state index in [1.165, 1.54) is 0 Å². The van der Waals surface area contributed by atoms with Crippen molar-refractivity contribution in [3.63, 3.8) is 0 Å². The molecule has 0 radical (unpaired) electrons. The van der Waals surface area contributed by atoms with Gasteiger partial charge >= 0.3 is 0 Å². The average molecular weight is 260 g/mol. The third kappa shape index (κ3) is 2.80. The van der Waals surface area contributed by atoms with Gasteiger partial charge in [0.2, 0.25) is 0 Å². The Morgan fingerprint density at radius 2 is 2.59 bits per heavy atom. The number of halogens is 1. The monoisotopic (exact) mass is 259 g/mol. The highest BCUT2D eigenvalue weighted by Gasteiger charge is 2.28. The van der Waals surface area contributed by atoms with E-state index in [0.717, 1.165) is 25.1 Å². The average Bonchev–Trinajstić information content (AvgIpc) is 2.95. The van der Waals surface area contributed by atoms with Gasteiger partial charge in [0.25, 0.3) is 0 Å². The fourth-order valence-electron chi connectivity index (χ4n) is 2.12. The van der Waals surface area contributed by atoms with Crippen molar-refractivity contribution in [2.24, 2.45) is 5.73 Å². The molecule has 2 heterocycles. The van der Waals surface area contributed by atoms with Gasteiger partial charge in [-0.05, 0) is 12.8 Å². The number of nitrogens with zero attached hydrogens (tertiary/aromatic N) is 2. The maximum Gasteiger partial charge on any atom is 0.0835 e. The fourth-order valence-corrected chi connectivity index (χ4v) is 2.39. The molecule has 1 aromatic heterocycles. The Morgan fingerprint density at radius 3 is 3.24 bits per heavy atom. The largest absolute Gasteiger partial charge is 0.383 e. The number of rotatable bonds is 5. The van der Waals surface area contributed by atoms with Crippen molar-refractivity contribution in [1.82, 2.24) is 9.78 Å². The summed E-state index contributed by atoms with van der Waals surface area (Å²) in [6.07, 6.45) is 3.71. The van der Waals surface area contributed by atoms with Crippen LogP contribution in [0, 0.1) is 0 Å². The first kappa shape index (κ1) is 12.8. The molecule has 0 bridgehead atoms. The van der Waals surface area contributed by atoms with Crippen molar-refractivity contribution in [1.29, 1.82) is 0 Å². The van der Waals surface area contributed by atoms with E-state index in [9.17, 15) is 0 Å². The molecule has 96 valence electrons. The summed E-state index contributed by atoms with van der Waals surface area (Å²) in [5.74, 6) is 0. The molecular formula is C11H18ClN3O2. The molecule has 1 saturated heterocycles. The van der Waals surface area contributed by atoms with Crippen molar-refractivity contribution in [3.05, 3.63) is 16.9 Å². The number of aromatic nitrogens is 2. The van der Waals surface area contributed by atoms with E-state index >= 15 is 0 Å². The number of hydrogen-bond acceptors (Lipinski definition) is 4. The van der Waals surface area contributed by atoms with Gasteiger partial charge in [0.15, 0.2) is 0 Å². The first-order valence-corrected chi connectivity index (χ1v) is 6.19. The highest BCUT2D eigenvalue weighted by molar-refractivity contribution is 6.31. The van der Waals surface area contributed by atoms with Gasteiger partial charge in [-0.3, -0.25) is 4.68 Å². The van der Waals surface area contributed by atoms with Crippen LogP contribution in [0.5, 0.6) is 0 Å². The Balaban J connectivity index is 2.14. The van der Waals surface area contributed by atoms with Gasteiger partial charge in [-0.25, -0.2) is 0 Å². The van der Waals surface area contributed by atoms with E-state index in [1.807, 2.05) is 0 Å². The first-order chi connectivity index (χ1) is 8.24. The summed E-state index contributed by atoms with van der Waals surface area (Å²) in [6.45, 7) is 2.02. The van der Waals surface area contributed by atoms with Crippen LogP contribution in [0.4, 0.5) is 0 Å². The van der Waals surface area contributed by atoms with Crippen LogP contribution in [0.25, 0.3) is 0 Å². The van der Waals surface area contributed by atoms with Crippen LogP contribution in [0.2, 0.25) is 5.02 Å². The second-order valence-electron chi connectivity index (χ2n) is 4.17. The standard InChI is InChI=1S/C11H18ClN3O2/c1-16-6-4-15-11(8(12)7-14-15)10(13)9-3-2-5-17-9/h7,9-10H,2-6,13H2,1H3. The molecule has 1 aromatic rings. The molecule has 1 aliphatic rings. The van der Waals surface area contributed by atoms with E-state index in [-0.39, 0.29) is 12.1 Å². The summed E-state index contributed by atoms with van der Waals surface area (Å²) in [5, 5.41) is 4.82. The van der Waals surface area contributed by atoms with Crippen molar-refractivity contribution in [2.75, 3.05) is 20.3 Å². The molecule has 1 aliphatic heterocycles. The van der Waals surface area contributed by atoms with Crippen LogP contribution in [0.1, 0.15) is 24.6 Å². The minimum Gasteiger partial charge on any atom is -0.383 e. The lowest BCUT2D eigenvalue weighted by Gasteiger charge is -2.20. The lowest BCUT2D eigenvalue weighted by Crippen LogP contribution is -2.29. The van der Waals surface area contributed by atoms with Gasteiger partial charge in [-0.1, -0.05) is 11.6 Å². The Labute approximate surface area is 106 Å². The summed E-state index contributed by atoms with van der Waals surface area (Å²) in [5.41, 5.74) is 7.05. The molecule has 2 rings (SSSR count). The predicted molar refractivity (Wildman–Crippen MR) is 65.0 cm³/mol. The molecule has 2 unspecified atom stereocenters. The molecule has 17 heavy (non-hydrogen) atoms. The van der Waals surface area contributed by atoms with Gasteiger partial charge in [0.05, 0.1) is 42.2 Å². The molecule has 0 amide bonds. The highest BCUT2D eigenvalue weighted by Crippen LogP contribution is 2.29. The molecule has 0 aromatic carbocycles. The molecule has 0 saturated carbocycles. The van der Waals surface area contributed by atoms with Gasteiger partial charge in [0, 0.05) is 13.7 Å². The molecule has 5 nitrogen and oxygen atoms in total. The third-order valence-electron chi connectivity index (χ3n) is 3.02. The number of hydrogen-bond donors (Lipinski definition) is 1. The van der Waals surface area contributed by atoms with E-state index in [2.05, 4.69) is 5.10 Å². The fraction of sp³-hybridized carbons (Fsp3) is 0.727. The van der Waals surface area contributed by atoms with Crippen molar-refractivity contribution >= 4 is 11.6 Å². The summed E-state index contributed by atoms with van der Waals surface area (Å²) in [6, 6.07) is -0.218. The molecule has 2 N–H and O–H groups in total. The lowest BCUT2D eigenvalue weighted by atomic mass is 10.1. The number of methoxy groups -OCH3 is 1. The lowest BCUT2D eigenvalue weighted by molar-refractivity contribution is 0.0867. The third-order valence-corrected chi connectivity index (χ3v) is 3.31. The normalized spacial score (nSPS) is 21.9. The second kappa shape index (κ2) is 5.82. The second-order valence-corrected chi connectivity index (χ2v) is 4.58. The predicted octanol–water partition coefficient (Wildman–Crippen LogP) is 1.36. The van der Waals surface area contributed by atoms with E-state index in [1.54, 1.807) is 18.0 Å². The van der Waals surface area contributed by atoms with Crippen molar-refractivity contribution < 1.29 is 9.47 Å². The Kier molecular flexibility index (Phi) is 4.39. The molecule has 2 atom stereocenters. The summed E-state index contributed by atoms with van der Waals surface area (Å²) in [7, 11) is 1.66. The Bertz CT molecular complexity index is 364. The van der Waals surface area contributed by atoms with Crippen LogP contribution >= 0.6 is 11.6 Å². The zero-order valence-corrected chi connectivity index (χ0v) is 10.7. The quantitative estimate of drug-likeness (QED) is 0.867. The van der Waals surface area contributed by atoms with Crippen LogP contribution in [0.3, 0.4) is 0 Å². The van der Waals surface area contributed by atoms with Crippen LogP contribution in [-0.4, -0.2) is 36.2 Å². The SMILES string of the molecule is COCCn1ncc(Cl)c1C(N)C1CCCO1. The smallest absolute Gasteiger partial charge is 0.0835 e. The van der Waals surface area contributed by atoms with Crippen LogP contribution < -0.4 is 5.73 Å². The van der Waals surface area contributed by atoms with E-state index < -0.39 is 0 Å². The highest BCUT2D eigenvalue weighted by atomic mass is 35.5. The van der Waals surface area contributed by atoms with E-state index in [4.69, 9.17) is 26.8 Å². The summed E-state index contributed by atoms with van der Waals surface area (Å²) in [4.78, 5) is 0. The Morgan fingerprint density at radius 1 is 1.76 bits per heavy atom.